The third-order valence-corrected chi connectivity index (χ3v) is 6.81. The minimum atomic E-state index is 0.156. The van der Waals surface area contributed by atoms with Gasteiger partial charge in [0.15, 0.2) is 10.1 Å². The highest BCUT2D eigenvalue weighted by Crippen LogP contribution is 2.27. The third-order valence-electron chi connectivity index (χ3n) is 3.52. The molecule has 1 saturated heterocycles. The number of carbonyl (C=O) groups excluding carboxylic acids is 1. The van der Waals surface area contributed by atoms with Crippen LogP contribution in [0.25, 0.3) is 0 Å². The zero-order valence-electron chi connectivity index (χ0n) is 12.9. The first-order valence-corrected chi connectivity index (χ1v) is 10.3. The second kappa shape index (κ2) is 8.23. The SMILES string of the molecule is CCc1ccc(C(=O)CSc2nnc(NC[C@@H]3CCCO3)s2)s1. The van der Waals surface area contributed by atoms with Gasteiger partial charge in [-0.25, -0.2) is 0 Å². The first-order valence-electron chi connectivity index (χ1n) is 7.68. The van der Waals surface area contributed by atoms with Crippen LogP contribution in [0, 0.1) is 0 Å². The summed E-state index contributed by atoms with van der Waals surface area (Å²) in [6.45, 7) is 3.72. The van der Waals surface area contributed by atoms with E-state index in [1.807, 2.05) is 12.1 Å². The van der Waals surface area contributed by atoms with Crippen molar-refractivity contribution in [3.8, 4) is 0 Å². The molecule has 124 valence electrons. The summed E-state index contributed by atoms with van der Waals surface area (Å²) >= 11 is 4.52. The van der Waals surface area contributed by atoms with E-state index in [1.165, 1.54) is 28.0 Å². The molecule has 1 N–H and O–H groups in total. The Kier molecular flexibility index (Phi) is 6.04. The molecule has 0 amide bonds. The molecule has 2 aromatic heterocycles. The first-order chi connectivity index (χ1) is 11.2. The van der Waals surface area contributed by atoms with Crippen molar-refractivity contribution >= 4 is 45.4 Å². The average molecular weight is 370 g/mol. The Morgan fingerprint density at radius 2 is 2.35 bits per heavy atom. The number of nitrogens with one attached hydrogen (secondary N) is 1. The molecular formula is C15H19N3O2S3. The van der Waals surface area contributed by atoms with E-state index in [4.69, 9.17) is 4.74 Å². The molecular weight excluding hydrogens is 350 g/mol. The molecule has 3 rings (SSSR count). The van der Waals surface area contributed by atoms with Crippen LogP contribution in [0.4, 0.5) is 5.13 Å². The summed E-state index contributed by atoms with van der Waals surface area (Å²) < 4.78 is 6.39. The van der Waals surface area contributed by atoms with Crippen LogP contribution in [-0.4, -0.2) is 41.0 Å². The maximum atomic E-state index is 12.2. The Bertz CT molecular complexity index is 650. The van der Waals surface area contributed by atoms with Gasteiger partial charge < -0.3 is 10.1 Å². The van der Waals surface area contributed by atoms with Gasteiger partial charge in [-0.05, 0) is 31.4 Å². The van der Waals surface area contributed by atoms with Crippen LogP contribution in [0.1, 0.15) is 34.3 Å². The molecule has 1 aliphatic rings. The molecule has 0 aromatic carbocycles. The number of aryl methyl sites for hydroxylation is 1. The fourth-order valence-corrected chi connectivity index (χ4v) is 4.88. The van der Waals surface area contributed by atoms with Crippen molar-refractivity contribution in [2.24, 2.45) is 0 Å². The smallest absolute Gasteiger partial charge is 0.206 e. The van der Waals surface area contributed by atoms with Crippen LogP contribution in [0.2, 0.25) is 0 Å². The van der Waals surface area contributed by atoms with Crippen molar-refractivity contribution in [2.45, 2.75) is 36.6 Å². The number of anilines is 1. The van der Waals surface area contributed by atoms with Gasteiger partial charge in [-0.1, -0.05) is 30.0 Å². The molecule has 0 saturated carbocycles. The number of nitrogens with zero attached hydrogens (tertiary/aromatic N) is 2. The van der Waals surface area contributed by atoms with Crippen molar-refractivity contribution in [1.82, 2.24) is 10.2 Å². The van der Waals surface area contributed by atoms with Gasteiger partial charge in [-0.3, -0.25) is 4.79 Å². The lowest BCUT2D eigenvalue weighted by Crippen LogP contribution is -2.18. The van der Waals surface area contributed by atoms with Crippen LogP contribution in [-0.2, 0) is 11.2 Å². The quantitative estimate of drug-likeness (QED) is 0.565. The van der Waals surface area contributed by atoms with Gasteiger partial charge in [0.1, 0.15) is 0 Å². The topological polar surface area (TPSA) is 64.1 Å². The number of thiophene rings is 1. The Labute approximate surface area is 147 Å². The number of carbonyl (C=O) groups is 1. The second-order valence-corrected chi connectivity index (χ2v) is 8.59. The van der Waals surface area contributed by atoms with Gasteiger partial charge in [-0.2, -0.15) is 0 Å². The molecule has 3 heterocycles. The van der Waals surface area contributed by atoms with Gasteiger partial charge >= 0.3 is 0 Å². The van der Waals surface area contributed by atoms with Gasteiger partial charge in [-0.15, -0.1) is 21.5 Å². The Balaban J connectivity index is 1.45. The fraction of sp³-hybridized carbons (Fsp3) is 0.533. The monoisotopic (exact) mass is 369 g/mol. The molecule has 0 unspecified atom stereocenters. The molecule has 2 aromatic rings. The summed E-state index contributed by atoms with van der Waals surface area (Å²) in [7, 11) is 0. The van der Waals surface area contributed by atoms with Gasteiger partial charge in [0.2, 0.25) is 5.13 Å². The summed E-state index contributed by atoms with van der Waals surface area (Å²) in [6, 6.07) is 3.95. The van der Waals surface area contributed by atoms with E-state index in [0.29, 0.717) is 5.75 Å². The second-order valence-electron chi connectivity index (χ2n) is 5.22. The van der Waals surface area contributed by atoms with Gasteiger partial charge in [0.05, 0.1) is 16.7 Å². The van der Waals surface area contributed by atoms with Crippen LogP contribution >= 0.6 is 34.4 Å². The Morgan fingerprint density at radius 1 is 1.43 bits per heavy atom. The largest absolute Gasteiger partial charge is 0.376 e. The van der Waals surface area contributed by atoms with Gasteiger partial charge in [0.25, 0.3) is 0 Å². The summed E-state index contributed by atoms with van der Waals surface area (Å²) in [4.78, 5) is 14.2. The highest BCUT2D eigenvalue weighted by molar-refractivity contribution is 8.01. The van der Waals surface area contributed by atoms with Crippen LogP contribution in [0.3, 0.4) is 0 Å². The van der Waals surface area contributed by atoms with E-state index in [0.717, 1.165) is 46.8 Å². The number of Topliss-reactive ketones (excluding diaryl/α,β-unsaturated/α-hetero) is 1. The average Bonchev–Trinajstić information content (AvgIpc) is 3.31. The zero-order valence-corrected chi connectivity index (χ0v) is 15.4. The lowest BCUT2D eigenvalue weighted by atomic mass is 10.2. The number of rotatable bonds is 8. The molecule has 23 heavy (non-hydrogen) atoms. The van der Waals surface area contributed by atoms with E-state index in [2.05, 4.69) is 22.4 Å². The molecule has 1 aliphatic heterocycles. The first kappa shape index (κ1) is 16.9. The van der Waals surface area contributed by atoms with Crippen molar-refractivity contribution in [1.29, 1.82) is 0 Å². The van der Waals surface area contributed by atoms with E-state index < -0.39 is 0 Å². The number of aromatic nitrogens is 2. The summed E-state index contributed by atoms with van der Waals surface area (Å²) in [5.41, 5.74) is 0. The number of hydrogen-bond acceptors (Lipinski definition) is 8. The zero-order chi connectivity index (χ0) is 16.1. The van der Waals surface area contributed by atoms with Crippen molar-refractivity contribution in [2.75, 3.05) is 24.2 Å². The Morgan fingerprint density at radius 3 is 3.09 bits per heavy atom. The summed E-state index contributed by atoms with van der Waals surface area (Å²) in [5.74, 6) is 0.563. The standard InChI is InChI=1S/C15H19N3O2S3/c1-2-11-5-6-13(22-11)12(19)9-21-15-18-17-14(23-15)16-8-10-4-3-7-20-10/h5-6,10H,2-4,7-9H2,1H3,(H,16,17)/t10-/m0/s1. The van der Waals surface area contributed by atoms with Crippen LogP contribution in [0.5, 0.6) is 0 Å². The molecule has 1 atom stereocenters. The van der Waals surface area contributed by atoms with Crippen molar-refractivity contribution in [3.63, 3.8) is 0 Å². The Hall–Kier alpha value is -0.960. The molecule has 0 radical (unpaired) electrons. The maximum Gasteiger partial charge on any atom is 0.206 e. The molecule has 8 heteroatoms. The number of ketones is 1. The molecule has 0 aliphatic carbocycles. The number of thioether (sulfide) groups is 1. The maximum absolute atomic E-state index is 12.2. The summed E-state index contributed by atoms with van der Waals surface area (Å²) in [5, 5.41) is 12.3. The van der Waals surface area contributed by atoms with E-state index in [-0.39, 0.29) is 11.9 Å². The van der Waals surface area contributed by atoms with Crippen molar-refractivity contribution in [3.05, 3.63) is 21.9 Å². The molecule has 0 spiro atoms. The predicted molar refractivity (Wildman–Crippen MR) is 96.1 cm³/mol. The predicted octanol–water partition coefficient (Wildman–Crippen LogP) is 3.73. The fourth-order valence-electron chi connectivity index (χ4n) is 2.26. The summed E-state index contributed by atoms with van der Waals surface area (Å²) in [6.07, 6.45) is 3.49. The normalized spacial score (nSPS) is 17.5. The lowest BCUT2D eigenvalue weighted by Gasteiger charge is -2.08. The molecule has 0 bridgehead atoms. The van der Waals surface area contributed by atoms with Crippen molar-refractivity contribution < 1.29 is 9.53 Å². The van der Waals surface area contributed by atoms with Crippen LogP contribution in [0.15, 0.2) is 16.5 Å². The molecule has 5 nitrogen and oxygen atoms in total. The lowest BCUT2D eigenvalue weighted by molar-refractivity contribution is 0.102. The van der Waals surface area contributed by atoms with E-state index in [1.54, 1.807) is 11.3 Å². The van der Waals surface area contributed by atoms with Crippen LogP contribution < -0.4 is 5.32 Å². The third kappa shape index (κ3) is 4.76. The van der Waals surface area contributed by atoms with E-state index >= 15 is 0 Å². The number of ether oxygens (including phenoxy) is 1. The minimum absolute atomic E-state index is 0.156. The minimum Gasteiger partial charge on any atom is -0.376 e. The highest BCUT2D eigenvalue weighted by Gasteiger charge is 2.16. The van der Waals surface area contributed by atoms with E-state index in [9.17, 15) is 4.79 Å². The highest BCUT2D eigenvalue weighted by atomic mass is 32.2. The molecule has 1 fully saturated rings. The number of hydrogen-bond donors (Lipinski definition) is 1. The van der Waals surface area contributed by atoms with Gasteiger partial charge in [0, 0.05) is 18.0 Å².